The molecular formula is C51H101NO6. The molecule has 0 aliphatic rings. The molecule has 2 N–H and O–H groups in total. The SMILES string of the molecule is CCCCCCCCCC(CCCCCCC)CCOC(=O)CCCCN(CCCCCO)CC(O)CCCCC(=O)OCCC(CCCCC)CCCCCCC. The van der Waals surface area contributed by atoms with Crippen molar-refractivity contribution < 1.29 is 29.3 Å². The summed E-state index contributed by atoms with van der Waals surface area (Å²) >= 11 is 0. The minimum Gasteiger partial charge on any atom is -0.466 e. The smallest absolute Gasteiger partial charge is 0.305 e. The molecule has 0 aliphatic carbocycles. The number of ether oxygens (including phenoxy) is 2. The van der Waals surface area contributed by atoms with Crippen molar-refractivity contribution in [3.8, 4) is 0 Å². The predicted octanol–water partition coefficient (Wildman–Crippen LogP) is 14.1. The average Bonchev–Trinajstić information content (AvgIpc) is 3.21. The summed E-state index contributed by atoms with van der Waals surface area (Å²) in [4.78, 5) is 27.5. The van der Waals surface area contributed by atoms with Crippen LogP contribution < -0.4 is 0 Å². The van der Waals surface area contributed by atoms with Gasteiger partial charge in [0, 0.05) is 26.0 Å². The van der Waals surface area contributed by atoms with Crippen LogP contribution in [-0.4, -0.2) is 72.6 Å². The van der Waals surface area contributed by atoms with E-state index in [-0.39, 0.29) is 18.5 Å². The summed E-state index contributed by atoms with van der Waals surface area (Å²) in [6.07, 6.45) is 40.4. The van der Waals surface area contributed by atoms with Crippen molar-refractivity contribution in [1.29, 1.82) is 0 Å². The van der Waals surface area contributed by atoms with E-state index in [9.17, 15) is 19.8 Å². The molecule has 0 aromatic carbocycles. The van der Waals surface area contributed by atoms with Crippen LogP contribution in [0.4, 0.5) is 0 Å². The van der Waals surface area contributed by atoms with E-state index in [1.807, 2.05) is 0 Å². The number of aliphatic hydroxyl groups is 2. The van der Waals surface area contributed by atoms with E-state index in [0.29, 0.717) is 50.9 Å². The topological polar surface area (TPSA) is 96.3 Å². The van der Waals surface area contributed by atoms with Gasteiger partial charge in [-0.1, -0.05) is 188 Å². The van der Waals surface area contributed by atoms with Crippen LogP contribution >= 0.6 is 0 Å². The number of hydrogen-bond acceptors (Lipinski definition) is 7. The van der Waals surface area contributed by atoms with Gasteiger partial charge in [-0.15, -0.1) is 0 Å². The molecule has 0 aliphatic heterocycles. The van der Waals surface area contributed by atoms with Gasteiger partial charge < -0.3 is 24.6 Å². The zero-order valence-electron chi connectivity index (χ0n) is 39.4. The lowest BCUT2D eigenvalue weighted by Crippen LogP contribution is -2.34. The van der Waals surface area contributed by atoms with Gasteiger partial charge in [-0.2, -0.15) is 0 Å². The van der Waals surface area contributed by atoms with Crippen LogP contribution in [0.2, 0.25) is 0 Å². The number of esters is 2. The highest BCUT2D eigenvalue weighted by molar-refractivity contribution is 5.69. The van der Waals surface area contributed by atoms with Crippen LogP contribution in [0.25, 0.3) is 0 Å². The molecule has 7 heteroatoms. The van der Waals surface area contributed by atoms with Gasteiger partial charge in [-0.05, 0) is 82.7 Å². The second kappa shape index (κ2) is 45.3. The molecule has 0 bridgehead atoms. The Morgan fingerprint density at radius 1 is 0.431 bits per heavy atom. The summed E-state index contributed by atoms with van der Waals surface area (Å²) in [5, 5.41) is 20.2. The zero-order chi connectivity index (χ0) is 42.6. The van der Waals surface area contributed by atoms with E-state index >= 15 is 0 Å². The van der Waals surface area contributed by atoms with E-state index in [4.69, 9.17) is 9.47 Å². The summed E-state index contributed by atoms with van der Waals surface area (Å²) < 4.78 is 11.4. The highest BCUT2D eigenvalue weighted by Crippen LogP contribution is 2.24. The Hall–Kier alpha value is -1.18. The molecule has 0 heterocycles. The van der Waals surface area contributed by atoms with E-state index in [2.05, 4.69) is 32.6 Å². The Labute approximate surface area is 361 Å². The molecule has 0 radical (unpaired) electrons. The molecular weight excluding hydrogens is 723 g/mol. The lowest BCUT2D eigenvalue weighted by Gasteiger charge is -2.25. The van der Waals surface area contributed by atoms with E-state index < -0.39 is 6.10 Å². The number of carbonyl (C=O) groups is 2. The molecule has 0 aromatic heterocycles. The molecule has 3 atom stereocenters. The second-order valence-electron chi connectivity index (χ2n) is 18.0. The minimum absolute atomic E-state index is 0.0738. The van der Waals surface area contributed by atoms with Gasteiger partial charge in [0.1, 0.15) is 0 Å². The highest BCUT2D eigenvalue weighted by Gasteiger charge is 2.15. The largest absolute Gasteiger partial charge is 0.466 e. The molecule has 58 heavy (non-hydrogen) atoms. The van der Waals surface area contributed by atoms with Crippen LogP contribution in [0.15, 0.2) is 0 Å². The molecule has 7 nitrogen and oxygen atoms in total. The Morgan fingerprint density at radius 2 is 0.776 bits per heavy atom. The van der Waals surface area contributed by atoms with Gasteiger partial charge in [0.15, 0.2) is 0 Å². The lowest BCUT2D eigenvalue weighted by atomic mass is 9.92. The highest BCUT2D eigenvalue weighted by atomic mass is 16.5. The van der Waals surface area contributed by atoms with Gasteiger partial charge in [0.25, 0.3) is 0 Å². The third kappa shape index (κ3) is 40.2. The number of carbonyl (C=O) groups excluding carboxylic acids is 2. The monoisotopic (exact) mass is 824 g/mol. The van der Waals surface area contributed by atoms with Crippen LogP contribution in [-0.2, 0) is 19.1 Å². The molecule has 346 valence electrons. The first-order valence-corrected chi connectivity index (χ1v) is 25.7. The summed E-state index contributed by atoms with van der Waals surface area (Å²) in [7, 11) is 0. The third-order valence-electron chi connectivity index (χ3n) is 12.3. The fraction of sp³-hybridized carbons (Fsp3) is 0.961. The van der Waals surface area contributed by atoms with Crippen molar-refractivity contribution in [2.24, 2.45) is 11.8 Å². The maximum Gasteiger partial charge on any atom is 0.305 e. The maximum atomic E-state index is 12.7. The van der Waals surface area contributed by atoms with Crippen LogP contribution in [0.3, 0.4) is 0 Å². The molecule has 0 spiro atoms. The zero-order valence-corrected chi connectivity index (χ0v) is 39.4. The fourth-order valence-electron chi connectivity index (χ4n) is 8.40. The van der Waals surface area contributed by atoms with Crippen LogP contribution in [0.5, 0.6) is 0 Å². The van der Waals surface area contributed by atoms with Crippen molar-refractivity contribution in [3.63, 3.8) is 0 Å². The third-order valence-corrected chi connectivity index (χ3v) is 12.3. The normalized spacial score (nSPS) is 13.2. The summed E-state index contributed by atoms with van der Waals surface area (Å²) in [5.74, 6) is 1.16. The number of rotatable bonds is 47. The van der Waals surface area contributed by atoms with Crippen molar-refractivity contribution in [2.45, 2.75) is 265 Å². The van der Waals surface area contributed by atoms with Crippen molar-refractivity contribution in [3.05, 3.63) is 0 Å². The van der Waals surface area contributed by atoms with Crippen LogP contribution in [0.1, 0.15) is 259 Å². The Kier molecular flexibility index (Phi) is 44.4. The number of hydrogen-bond donors (Lipinski definition) is 2. The summed E-state index contributed by atoms with van der Waals surface area (Å²) in [6.45, 7) is 12.7. The number of unbranched alkanes of at least 4 members (excludes halogenated alkanes) is 20. The molecule has 0 saturated carbocycles. The van der Waals surface area contributed by atoms with Gasteiger partial charge in [0.05, 0.1) is 19.3 Å². The fourth-order valence-corrected chi connectivity index (χ4v) is 8.40. The van der Waals surface area contributed by atoms with E-state index in [1.165, 1.54) is 154 Å². The average molecular weight is 824 g/mol. The van der Waals surface area contributed by atoms with Gasteiger partial charge in [0.2, 0.25) is 0 Å². The number of aliphatic hydroxyl groups excluding tert-OH is 2. The van der Waals surface area contributed by atoms with Crippen molar-refractivity contribution in [2.75, 3.05) is 39.5 Å². The first-order valence-electron chi connectivity index (χ1n) is 25.7. The second-order valence-corrected chi connectivity index (χ2v) is 18.0. The Bertz CT molecular complexity index is 855. The first-order chi connectivity index (χ1) is 28.4. The van der Waals surface area contributed by atoms with Crippen molar-refractivity contribution >= 4 is 11.9 Å². The first kappa shape index (κ1) is 56.8. The number of nitrogens with zero attached hydrogens (tertiary/aromatic N) is 1. The van der Waals surface area contributed by atoms with E-state index in [1.54, 1.807) is 0 Å². The summed E-state index contributed by atoms with van der Waals surface area (Å²) in [6, 6.07) is 0. The van der Waals surface area contributed by atoms with Gasteiger partial charge >= 0.3 is 11.9 Å². The minimum atomic E-state index is -0.444. The lowest BCUT2D eigenvalue weighted by molar-refractivity contribution is -0.145. The quantitative estimate of drug-likeness (QED) is 0.0466. The van der Waals surface area contributed by atoms with Crippen LogP contribution in [0, 0.1) is 11.8 Å². The standard InChI is InChI=1S/C51H101NO6/c1-5-9-13-16-17-20-25-35-48(34-24-19-15-11-7-3)40-45-58-51(56)38-28-30-42-52(41-29-21-31-43-53)46-49(54)36-26-27-37-50(55)57-44-39-47(32-22-12-8-4)33-23-18-14-10-6-2/h47-49,53-54H,5-46H2,1-4H3. The molecule has 0 saturated heterocycles. The predicted molar refractivity (Wildman–Crippen MR) is 247 cm³/mol. The molecule has 0 aromatic rings. The van der Waals surface area contributed by atoms with Crippen molar-refractivity contribution in [1.82, 2.24) is 4.90 Å². The van der Waals surface area contributed by atoms with Gasteiger partial charge in [-0.3, -0.25) is 9.59 Å². The Morgan fingerprint density at radius 3 is 1.22 bits per heavy atom. The maximum absolute atomic E-state index is 12.7. The summed E-state index contributed by atoms with van der Waals surface area (Å²) in [5.41, 5.74) is 0. The Balaban J connectivity index is 4.50. The molecule has 0 amide bonds. The molecule has 3 unspecified atom stereocenters. The molecule has 0 rings (SSSR count). The molecule has 0 fully saturated rings. The van der Waals surface area contributed by atoms with Gasteiger partial charge in [-0.25, -0.2) is 0 Å². The van der Waals surface area contributed by atoms with E-state index in [0.717, 1.165) is 70.9 Å².